The summed E-state index contributed by atoms with van der Waals surface area (Å²) in [5.41, 5.74) is 8.35. The van der Waals surface area contributed by atoms with Crippen LogP contribution in [0.15, 0.2) is 95.3 Å². The molecule has 1 heteroatoms. The summed E-state index contributed by atoms with van der Waals surface area (Å²) < 4.78 is 0. The Morgan fingerprint density at radius 1 is 0.900 bits per heavy atom. The second-order valence-electron chi connectivity index (χ2n) is 10.3. The topological polar surface area (TPSA) is 12.0 Å². The van der Waals surface area contributed by atoms with Crippen molar-refractivity contribution in [1.82, 2.24) is 0 Å². The van der Waals surface area contributed by atoms with Crippen molar-refractivity contribution in [2.24, 2.45) is 17.3 Å². The Labute approximate surface area is 181 Å². The molecule has 0 spiro atoms. The molecule has 1 heterocycles. The van der Waals surface area contributed by atoms with Crippen LogP contribution in [0.4, 0.5) is 5.69 Å². The fraction of sp³-hybridized carbons (Fsp3) is 0.379. The van der Waals surface area contributed by atoms with Crippen LogP contribution in [-0.4, -0.2) is 0 Å². The predicted octanol–water partition coefficient (Wildman–Crippen LogP) is 7.63. The first-order chi connectivity index (χ1) is 14.4. The van der Waals surface area contributed by atoms with Crippen molar-refractivity contribution in [3.63, 3.8) is 0 Å². The van der Waals surface area contributed by atoms with E-state index < -0.39 is 0 Å². The summed E-state index contributed by atoms with van der Waals surface area (Å²) in [7, 11) is 0. The first-order valence-corrected chi connectivity index (χ1v) is 11.5. The molecule has 1 nitrogen and oxygen atoms in total. The molecule has 0 amide bonds. The molecule has 1 aromatic rings. The third kappa shape index (κ3) is 2.98. The summed E-state index contributed by atoms with van der Waals surface area (Å²) in [5, 5.41) is 3.77. The number of para-hydroxylation sites is 1. The fourth-order valence-corrected chi connectivity index (χ4v) is 5.49. The number of fused-ring (bicyclic) bond motifs is 1. The van der Waals surface area contributed by atoms with Gasteiger partial charge in [0.25, 0.3) is 0 Å². The predicted molar refractivity (Wildman–Crippen MR) is 128 cm³/mol. The van der Waals surface area contributed by atoms with E-state index in [0.29, 0.717) is 11.8 Å². The number of benzene rings is 1. The van der Waals surface area contributed by atoms with Gasteiger partial charge >= 0.3 is 0 Å². The Hall–Kier alpha value is -2.54. The highest BCUT2D eigenvalue weighted by molar-refractivity contribution is 5.77. The number of allylic oxidation sites excluding steroid dienone is 11. The van der Waals surface area contributed by atoms with Crippen LogP contribution in [0, 0.1) is 17.3 Å². The van der Waals surface area contributed by atoms with Crippen molar-refractivity contribution in [3.05, 3.63) is 101 Å². The van der Waals surface area contributed by atoms with Crippen LogP contribution in [0.1, 0.15) is 52.5 Å². The van der Waals surface area contributed by atoms with Gasteiger partial charge in [-0.15, -0.1) is 0 Å². The molecule has 1 N–H and O–H groups in total. The minimum atomic E-state index is -0.208. The quantitative estimate of drug-likeness (QED) is 0.542. The van der Waals surface area contributed by atoms with Gasteiger partial charge in [0.15, 0.2) is 0 Å². The third-order valence-electron chi connectivity index (χ3n) is 7.24. The van der Waals surface area contributed by atoms with E-state index >= 15 is 0 Å². The molecular weight excluding hydrogens is 362 g/mol. The van der Waals surface area contributed by atoms with Crippen molar-refractivity contribution in [3.8, 4) is 0 Å². The van der Waals surface area contributed by atoms with Crippen LogP contribution in [-0.2, 0) is 5.41 Å². The third-order valence-corrected chi connectivity index (χ3v) is 7.24. The lowest BCUT2D eigenvalue weighted by Crippen LogP contribution is -2.40. The van der Waals surface area contributed by atoms with Gasteiger partial charge in [-0.05, 0) is 70.9 Å². The van der Waals surface area contributed by atoms with E-state index in [1.54, 1.807) is 0 Å². The Morgan fingerprint density at radius 2 is 1.67 bits per heavy atom. The zero-order chi connectivity index (χ0) is 20.9. The molecule has 0 radical (unpaired) electrons. The summed E-state index contributed by atoms with van der Waals surface area (Å²) >= 11 is 0. The molecule has 3 unspecified atom stereocenters. The Bertz CT molecular complexity index is 1060. The number of nitrogens with one attached hydrogen (secondary N) is 1. The number of hydrogen-bond donors (Lipinski definition) is 1. The van der Waals surface area contributed by atoms with E-state index in [0.717, 1.165) is 19.3 Å². The second-order valence-corrected chi connectivity index (χ2v) is 10.3. The molecule has 0 saturated heterocycles. The van der Waals surface area contributed by atoms with Crippen LogP contribution in [0.3, 0.4) is 0 Å². The van der Waals surface area contributed by atoms with Crippen LogP contribution in [0.2, 0.25) is 0 Å². The summed E-state index contributed by atoms with van der Waals surface area (Å²) in [6, 6.07) is 8.94. The number of hydrogen-bond acceptors (Lipinski definition) is 1. The first kappa shape index (κ1) is 19.4. The van der Waals surface area contributed by atoms with Crippen molar-refractivity contribution < 1.29 is 0 Å². The van der Waals surface area contributed by atoms with E-state index in [9.17, 15) is 0 Å². The molecule has 0 saturated carbocycles. The van der Waals surface area contributed by atoms with E-state index in [2.05, 4.69) is 106 Å². The molecule has 0 bridgehead atoms. The van der Waals surface area contributed by atoms with Gasteiger partial charge < -0.3 is 5.32 Å². The highest BCUT2D eigenvalue weighted by atomic mass is 14.9. The molecule has 0 aromatic heterocycles. The molecule has 154 valence electrons. The maximum Gasteiger partial charge on any atom is 0.0698 e. The van der Waals surface area contributed by atoms with Crippen LogP contribution < -0.4 is 5.32 Å². The average Bonchev–Trinajstić information content (AvgIpc) is 2.73. The summed E-state index contributed by atoms with van der Waals surface area (Å²) in [6.07, 6.45) is 22.6. The molecule has 3 aliphatic carbocycles. The van der Waals surface area contributed by atoms with Crippen LogP contribution >= 0.6 is 0 Å². The van der Waals surface area contributed by atoms with Gasteiger partial charge in [-0.25, -0.2) is 0 Å². The molecule has 1 aliphatic heterocycles. The molecular formula is C29H33N. The normalized spacial score (nSPS) is 31.5. The van der Waals surface area contributed by atoms with E-state index in [1.165, 1.54) is 33.7 Å². The average molecular weight is 396 g/mol. The van der Waals surface area contributed by atoms with E-state index in [4.69, 9.17) is 0 Å². The lowest BCUT2D eigenvalue weighted by atomic mass is 9.57. The van der Waals surface area contributed by atoms with Gasteiger partial charge in [0.05, 0.1) is 5.41 Å². The summed E-state index contributed by atoms with van der Waals surface area (Å²) in [4.78, 5) is 0. The smallest absolute Gasteiger partial charge is 0.0698 e. The Balaban J connectivity index is 1.82. The van der Waals surface area contributed by atoms with Gasteiger partial charge in [0, 0.05) is 11.4 Å². The standard InChI is InChI=1S/C29H33N/c1-20-9-12-22(13-10-20)29(23-15-17-28(3,4)18-16-23)24-7-5-6-8-26(24)30-27-14-11-21(2)19-25(27)29/h5-9,11-17,20-21,30H,10,18-19H2,1-4H3. The van der Waals surface area contributed by atoms with E-state index in [-0.39, 0.29) is 10.8 Å². The van der Waals surface area contributed by atoms with Crippen molar-refractivity contribution in [2.75, 3.05) is 5.32 Å². The zero-order valence-corrected chi connectivity index (χ0v) is 18.7. The zero-order valence-electron chi connectivity index (χ0n) is 18.7. The molecule has 0 fully saturated rings. The second kappa shape index (κ2) is 7.01. The maximum absolute atomic E-state index is 3.77. The monoisotopic (exact) mass is 395 g/mol. The lowest BCUT2D eigenvalue weighted by molar-refractivity contribution is 0.474. The Morgan fingerprint density at radius 3 is 2.40 bits per heavy atom. The van der Waals surface area contributed by atoms with Gasteiger partial charge in [0.2, 0.25) is 0 Å². The fourth-order valence-electron chi connectivity index (χ4n) is 5.49. The molecule has 4 aliphatic rings. The van der Waals surface area contributed by atoms with Crippen molar-refractivity contribution in [2.45, 2.75) is 52.4 Å². The highest BCUT2D eigenvalue weighted by Gasteiger charge is 2.48. The van der Waals surface area contributed by atoms with Crippen LogP contribution in [0.25, 0.3) is 0 Å². The number of rotatable bonds is 2. The number of anilines is 1. The SMILES string of the molecule is CC1C=CC(C2(C3=CCC(C)(C)C=C3)C3=C(C=CC(C)C3)Nc3ccccc32)=CC1. The molecule has 3 atom stereocenters. The molecule has 1 aromatic carbocycles. The summed E-state index contributed by atoms with van der Waals surface area (Å²) in [5.74, 6) is 1.16. The van der Waals surface area contributed by atoms with Gasteiger partial charge in [-0.3, -0.25) is 0 Å². The Kier molecular flexibility index (Phi) is 4.54. The highest BCUT2D eigenvalue weighted by Crippen LogP contribution is 2.57. The summed E-state index contributed by atoms with van der Waals surface area (Å²) in [6.45, 7) is 9.31. The van der Waals surface area contributed by atoms with Crippen molar-refractivity contribution >= 4 is 5.69 Å². The van der Waals surface area contributed by atoms with E-state index in [1.807, 2.05) is 0 Å². The largest absolute Gasteiger partial charge is 0.355 e. The van der Waals surface area contributed by atoms with Gasteiger partial charge in [-0.2, -0.15) is 0 Å². The molecule has 30 heavy (non-hydrogen) atoms. The minimum absolute atomic E-state index is 0.208. The minimum Gasteiger partial charge on any atom is -0.355 e. The lowest BCUT2D eigenvalue weighted by Gasteiger charge is -2.48. The van der Waals surface area contributed by atoms with Crippen molar-refractivity contribution in [1.29, 1.82) is 0 Å². The van der Waals surface area contributed by atoms with Gasteiger partial charge in [-0.1, -0.05) is 88.4 Å². The van der Waals surface area contributed by atoms with Crippen LogP contribution in [0.5, 0.6) is 0 Å². The molecule has 5 rings (SSSR count). The first-order valence-electron chi connectivity index (χ1n) is 11.5. The maximum atomic E-state index is 3.77. The van der Waals surface area contributed by atoms with Gasteiger partial charge in [0.1, 0.15) is 0 Å².